The van der Waals surface area contributed by atoms with Crippen LogP contribution in [-0.4, -0.2) is 37.6 Å². The average molecular weight is 411 g/mol. The number of hydrogen-bond acceptors (Lipinski definition) is 6. The van der Waals surface area contributed by atoms with Crippen LogP contribution >= 0.6 is 0 Å². The standard InChI is InChI=1S/C23H25NO6/c1-4-14(2)22(23(27)28-3)24-19(25)13-30-20(26)11-16-12-29-18-10-9-15-7-5-6-8-17(15)21(16)18/h5-10,12,14,22H,4,11,13H2,1-3H3,(H,24,25)/t14-,22-/m0/s1. The molecule has 0 aliphatic rings. The van der Waals surface area contributed by atoms with Crippen LogP contribution in [0.15, 0.2) is 47.1 Å². The Balaban J connectivity index is 1.64. The molecule has 3 rings (SSSR count). The van der Waals surface area contributed by atoms with Gasteiger partial charge in [-0.25, -0.2) is 4.79 Å². The van der Waals surface area contributed by atoms with Crippen LogP contribution in [0.1, 0.15) is 25.8 Å². The first-order chi connectivity index (χ1) is 14.4. The van der Waals surface area contributed by atoms with Gasteiger partial charge in [-0.2, -0.15) is 0 Å². The number of methoxy groups -OCH3 is 1. The fourth-order valence-corrected chi connectivity index (χ4v) is 3.37. The largest absolute Gasteiger partial charge is 0.467 e. The second kappa shape index (κ2) is 9.43. The number of ether oxygens (including phenoxy) is 2. The molecule has 2 aromatic carbocycles. The van der Waals surface area contributed by atoms with Crippen LogP contribution in [0.2, 0.25) is 0 Å². The molecule has 0 fully saturated rings. The lowest BCUT2D eigenvalue weighted by atomic mass is 9.99. The second-order valence-corrected chi connectivity index (χ2v) is 7.21. The maximum atomic E-state index is 12.3. The molecule has 1 amide bonds. The molecule has 0 unspecified atom stereocenters. The van der Waals surface area contributed by atoms with Crippen LogP contribution in [0.3, 0.4) is 0 Å². The number of rotatable bonds is 8. The van der Waals surface area contributed by atoms with Crippen molar-refractivity contribution in [2.45, 2.75) is 32.7 Å². The number of hydrogen-bond donors (Lipinski definition) is 1. The van der Waals surface area contributed by atoms with Gasteiger partial charge in [0.15, 0.2) is 6.61 Å². The normalized spacial score (nSPS) is 13.0. The molecule has 0 radical (unpaired) electrons. The highest BCUT2D eigenvalue weighted by Gasteiger charge is 2.27. The van der Waals surface area contributed by atoms with Gasteiger partial charge in [0, 0.05) is 10.9 Å². The van der Waals surface area contributed by atoms with E-state index in [1.54, 1.807) is 0 Å². The molecule has 1 heterocycles. The molecular weight excluding hydrogens is 386 g/mol. The Morgan fingerprint density at radius 1 is 1.13 bits per heavy atom. The van der Waals surface area contributed by atoms with Crippen molar-refractivity contribution in [3.8, 4) is 0 Å². The summed E-state index contributed by atoms with van der Waals surface area (Å²) in [5.41, 5.74) is 1.38. The Labute approximate surface area is 174 Å². The van der Waals surface area contributed by atoms with Gasteiger partial charge in [0.05, 0.1) is 19.8 Å². The van der Waals surface area contributed by atoms with Crippen molar-refractivity contribution < 1.29 is 28.3 Å². The van der Waals surface area contributed by atoms with Crippen LogP contribution in [-0.2, 0) is 30.3 Å². The van der Waals surface area contributed by atoms with Crippen LogP contribution in [0.5, 0.6) is 0 Å². The summed E-state index contributed by atoms with van der Waals surface area (Å²) >= 11 is 0. The van der Waals surface area contributed by atoms with Crippen LogP contribution in [0.4, 0.5) is 0 Å². The Bertz CT molecular complexity index is 1070. The fourth-order valence-electron chi connectivity index (χ4n) is 3.37. The van der Waals surface area contributed by atoms with Gasteiger partial charge in [0.25, 0.3) is 5.91 Å². The summed E-state index contributed by atoms with van der Waals surface area (Å²) < 4.78 is 15.4. The number of amides is 1. The molecule has 0 aliphatic heterocycles. The molecule has 0 bridgehead atoms. The number of benzene rings is 2. The molecule has 0 spiro atoms. The number of nitrogens with one attached hydrogen (secondary N) is 1. The van der Waals surface area contributed by atoms with Crippen molar-refractivity contribution in [1.82, 2.24) is 5.32 Å². The van der Waals surface area contributed by atoms with E-state index < -0.39 is 30.5 Å². The van der Waals surface area contributed by atoms with Gasteiger partial charge >= 0.3 is 11.9 Å². The zero-order valence-corrected chi connectivity index (χ0v) is 17.3. The van der Waals surface area contributed by atoms with E-state index >= 15 is 0 Å². The highest BCUT2D eigenvalue weighted by molar-refractivity contribution is 6.08. The molecule has 1 aromatic heterocycles. The minimum absolute atomic E-state index is 0.0277. The van der Waals surface area contributed by atoms with Gasteiger partial charge in [-0.05, 0) is 22.8 Å². The zero-order valence-electron chi connectivity index (χ0n) is 17.3. The van der Waals surface area contributed by atoms with Crippen molar-refractivity contribution in [3.05, 3.63) is 48.2 Å². The van der Waals surface area contributed by atoms with E-state index in [4.69, 9.17) is 13.9 Å². The van der Waals surface area contributed by atoms with Gasteiger partial charge < -0.3 is 19.2 Å². The summed E-state index contributed by atoms with van der Waals surface area (Å²) in [4.78, 5) is 36.4. The summed E-state index contributed by atoms with van der Waals surface area (Å²) in [7, 11) is 1.27. The third kappa shape index (κ3) is 4.62. The molecule has 0 saturated heterocycles. The van der Waals surface area contributed by atoms with Gasteiger partial charge in [-0.1, -0.05) is 50.6 Å². The summed E-state index contributed by atoms with van der Waals surface area (Å²) in [6, 6.07) is 10.9. The maximum Gasteiger partial charge on any atom is 0.328 e. The Morgan fingerprint density at radius 3 is 2.63 bits per heavy atom. The highest BCUT2D eigenvalue weighted by atomic mass is 16.5. The van der Waals surface area contributed by atoms with Crippen molar-refractivity contribution in [2.75, 3.05) is 13.7 Å². The molecular formula is C23H25NO6. The van der Waals surface area contributed by atoms with E-state index in [0.717, 1.165) is 16.2 Å². The summed E-state index contributed by atoms with van der Waals surface area (Å²) in [6.07, 6.45) is 2.19. The Morgan fingerprint density at radius 2 is 1.90 bits per heavy atom. The first kappa shape index (κ1) is 21.4. The SMILES string of the molecule is CC[C@H](C)[C@H](NC(=O)COC(=O)Cc1coc2ccc3ccccc3c12)C(=O)OC. The molecule has 7 nitrogen and oxygen atoms in total. The minimum Gasteiger partial charge on any atom is -0.467 e. The van der Waals surface area contributed by atoms with Crippen LogP contribution < -0.4 is 5.32 Å². The molecule has 7 heteroatoms. The first-order valence-corrected chi connectivity index (χ1v) is 9.85. The molecule has 30 heavy (non-hydrogen) atoms. The quantitative estimate of drug-likeness (QED) is 0.571. The van der Waals surface area contributed by atoms with Crippen LogP contribution in [0.25, 0.3) is 21.7 Å². The Kier molecular flexibility index (Phi) is 6.72. The maximum absolute atomic E-state index is 12.3. The monoisotopic (exact) mass is 411 g/mol. The lowest BCUT2D eigenvalue weighted by Crippen LogP contribution is -2.47. The Hall–Kier alpha value is -3.35. The first-order valence-electron chi connectivity index (χ1n) is 9.85. The topological polar surface area (TPSA) is 94.8 Å². The predicted octanol–water partition coefficient (Wildman–Crippen LogP) is 3.38. The van der Waals surface area contributed by atoms with E-state index in [-0.39, 0.29) is 12.3 Å². The number of furan rings is 1. The van der Waals surface area contributed by atoms with Gasteiger partial charge in [-0.15, -0.1) is 0 Å². The van der Waals surface area contributed by atoms with E-state index in [2.05, 4.69) is 5.32 Å². The highest BCUT2D eigenvalue weighted by Crippen LogP contribution is 2.30. The summed E-state index contributed by atoms with van der Waals surface area (Å²) in [5, 5.41) is 5.46. The summed E-state index contributed by atoms with van der Waals surface area (Å²) in [5.74, 6) is -1.75. The lowest BCUT2D eigenvalue weighted by Gasteiger charge is -2.21. The smallest absolute Gasteiger partial charge is 0.328 e. The van der Waals surface area contributed by atoms with Gasteiger partial charge in [0.1, 0.15) is 11.6 Å². The van der Waals surface area contributed by atoms with Gasteiger partial charge in [0.2, 0.25) is 0 Å². The van der Waals surface area contributed by atoms with E-state index in [9.17, 15) is 14.4 Å². The van der Waals surface area contributed by atoms with Gasteiger partial charge in [-0.3, -0.25) is 9.59 Å². The number of fused-ring (bicyclic) bond motifs is 3. The minimum atomic E-state index is -0.782. The number of carbonyl (C=O) groups is 3. The fraction of sp³-hybridized carbons (Fsp3) is 0.348. The summed E-state index contributed by atoms with van der Waals surface area (Å²) in [6.45, 7) is 3.27. The third-order valence-electron chi connectivity index (χ3n) is 5.22. The number of carbonyl (C=O) groups excluding carboxylic acids is 3. The molecule has 0 aliphatic carbocycles. The second-order valence-electron chi connectivity index (χ2n) is 7.21. The predicted molar refractivity (Wildman–Crippen MR) is 112 cm³/mol. The molecule has 1 N–H and O–H groups in total. The molecule has 0 saturated carbocycles. The van der Waals surface area contributed by atoms with E-state index in [0.29, 0.717) is 17.6 Å². The lowest BCUT2D eigenvalue weighted by molar-refractivity contribution is -0.150. The third-order valence-corrected chi connectivity index (χ3v) is 5.22. The zero-order chi connectivity index (χ0) is 21.7. The van der Waals surface area contributed by atoms with Crippen molar-refractivity contribution in [1.29, 1.82) is 0 Å². The van der Waals surface area contributed by atoms with E-state index in [1.165, 1.54) is 13.4 Å². The van der Waals surface area contributed by atoms with E-state index in [1.807, 2.05) is 50.2 Å². The molecule has 158 valence electrons. The average Bonchev–Trinajstić information content (AvgIpc) is 3.18. The van der Waals surface area contributed by atoms with Crippen molar-refractivity contribution in [2.24, 2.45) is 5.92 Å². The molecule has 2 atom stereocenters. The van der Waals surface area contributed by atoms with Crippen LogP contribution in [0, 0.1) is 5.92 Å². The van der Waals surface area contributed by atoms with Crippen molar-refractivity contribution in [3.63, 3.8) is 0 Å². The molecule has 3 aromatic rings. The number of esters is 2. The van der Waals surface area contributed by atoms with Crippen molar-refractivity contribution >= 4 is 39.6 Å².